The second-order valence-corrected chi connectivity index (χ2v) is 4.85. The summed E-state index contributed by atoms with van der Waals surface area (Å²) in [6.07, 6.45) is 2.95. The molecule has 18 heavy (non-hydrogen) atoms. The Hall–Kier alpha value is -1.46. The fourth-order valence-electron chi connectivity index (χ4n) is 2.59. The van der Waals surface area contributed by atoms with E-state index in [0.29, 0.717) is 0 Å². The summed E-state index contributed by atoms with van der Waals surface area (Å²) in [6, 6.07) is 2.20. The summed E-state index contributed by atoms with van der Waals surface area (Å²) in [5.74, 6) is 6.78. The van der Waals surface area contributed by atoms with Gasteiger partial charge in [-0.15, -0.1) is 0 Å². The first-order chi connectivity index (χ1) is 8.78. The number of nitrogens with two attached hydrogens (primary N) is 1. The fourth-order valence-corrected chi connectivity index (χ4v) is 2.59. The minimum atomic E-state index is 0.782. The molecule has 3 heterocycles. The molecule has 2 aliphatic heterocycles. The first-order valence-electron chi connectivity index (χ1n) is 6.55. The smallest absolute Gasteiger partial charge is 0.146 e. The number of hydrazine groups is 1. The van der Waals surface area contributed by atoms with E-state index in [-0.39, 0.29) is 0 Å². The lowest BCUT2D eigenvalue weighted by molar-refractivity contribution is 0.265. The molecule has 3 rings (SSSR count). The second kappa shape index (κ2) is 4.66. The zero-order valence-corrected chi connectivity index (χ0v) is 10.8. The monoisotopic (exact) mass is 245 g/mol. The fraction of sp³-hybridized carbons (Fsp3) is 0.538. The molecule has 2 N–H and O–H groups in total. The summed E-state index contributed by atoms with van der Waals surface area (Å²) in [5.41, 5.74) is 3.60. The number of likely N-dealkylation sites (N-methyl/N-ethyl adjacent to an activating group) is 1. The summed E-state index contributed by atoms with van der Waals surface area (Å²) >= 11 is 0. The van der Waals surface area contributed by atoms with Crippen LogP contribution < -0.4 is 5.84 Å². The Balaban J connectivity index is 1.91. The van der Waals surface area contributed by atoms with Gasteiger partial charge in [-0.25, -0.2) is 5.84 Å². The number of aliphatic imine (C=N–C) groups is 1. The Kier molecular flexibility index (Phi) is 3.01. The van der Waals surface area contributed by atoms with E-state index in [1.807, 2.05) is 6.20 Å². The van der Waals surface area contributed by atoms with Crippen molar-refractivity contribution < 1.29 is 0 Å². The largest absolute Gasteiger partial charge is 0.299 e. The van der Waals surface area contributed by atoms with Gasteiger partial charge in [0.2, 0.25) is 0 Å². The Bertz CT molecular complexity index is 482. The van der Waals surface area contributed by atoms with E-state index in [4.69, 9.17) is 5.84 Å². The molecule has 0 fully saturated rings. The lowest BCUT2D eigenvalue weighted by Gasteiger charge is -2.27. The number of hydrogen-bond acceptors (Lipinski definition) is 5. The van der Waals surface area contributed by atoms with Gasteiger partial charge in [-0.2, -0.15) is 0 Å². The first kappa shape index (κ1) is 11.6. The molecule has 1 aromatic rings. The second-order valence-electron chi connectivity index (χ2n) is 4.85. The molecule has 0 bridgehead atoms. The lowest BCUT2D eigenvalue weighted by atomic mass is 10.0. The molecule has 0 aromatic carbocycles. The van der Waals surface area contributed by atoms with E-state index in [0.717, 1.165) is 50.5 Å². The topological polar surface area (TPSA) is 57.8 Å². The molecule has 0 saturated carbocycles. The molecule has 0 amide bonds. The van der Waals surface area contributed by atoms with Gasteiger partial charge in [-0.05, 0) is 18.2 Å². The zero-order chi connectivity index (χ0) is 12.5. The summed E-state index contributed by atoms with van der Waals surface area (Å²) < 4.78 is 0. The van der Waals surface area contributed by atoms with Gasteiger partial charge in [0, 0.05) is 37.0 Å². The van der Waals surface area contributed by atoms with E-state index in [1.54, 1.807) is 5.01 Å². The van der Waals surface area contributed by atoms with Crippen molar-refractivity contribution in [2.45, 2.75) is 19.9 Å². The predicted octanol–water partition coefficient (Wildman–Crippen LogP) is 0.396. The van der Waals surface area contributed by atoms with Crippen LogP contribution in [0.5, 0.6) is 0 Å². The quantitative estimate of drug-likeness (QED) is 0.766. The Labute approximate surface area is 107 Å². The lowest BCUT2D eigenvalue weighted by Crippen LogP contribution is -2.35. The normalized spacial score (nSPS) is 19.9. The molecule has 0 unspecified atom stereocenters. The van der Waals surface area contributed by atoms with Gasteiger partial charge < -0.3 is 0 Å². The van der Waals surface area contributed by atoms with Gasteiger partial charge in [0.1, 0.15) is 5.84 Å². The number of amidine groups is 1. The van der Waals surface area contributed by atoms with Crippen molar-refractivity contribution in [3.05, 3.63) is 29.1 Å². The molecule has 5 nitrogen and oxygen atoms in total. The maximum absolute atomic E-state index is 5.90. The van der Waals surface area contributed by atoms with Gasteiger partial charge in [0.15, 0.2) is 0 Å². The number of rotatable bonds is 2. The van der Waals surface area contributed by atoms with Crippen LogP contribution in [-0.4, -0.2) is 46.9 Å². The van der Waals surface area contributed by atoms with Crippen LogP contribution in [-0.2, 0) is 13.0 Å². The molecule has 0 saturated heterocycles. The van der Waals surface area contributed by atoms with Crippen molar-refractivity contribution in [3.8, 4) is 0 Å². The molecule has 1 aromatic heterocycles. The highest BCUT2D eigenvalue weighted by Gasteiger charge is 2.20. The van der Waals surface area contributed by atoms with Crippen molar-refractivity contribution in [2.24, 2.45) is 10.8 Å². The summed E-state index contributed by atoms with van der Waals surface area (Å²) in [7, 11) is 0. The molecular formula is C13H19N5. The van der Waals surface area contributed by atoms with Crippen molar-refractivity contribution in [1.29, 1.82) is 0 Å². The highest BCUT2D eigenvalue weighted by molar-refractivity contribution is 5.99. The van der Waals surface area contributed by atoms with Gasteiger partial charge >= 0.3 is 0 Å². The number of hydrogen-bond donors (Lipinski definition) is 1. The minimum Gasteiger partial charge on any atom is -0.299 e. The number of aromatic nitrogens is 1. The highest BCUT2D eigenvalue weighted by atomic mass is 15.5. The van der Waals surface area contributed by atoms with Crippen molar-refractivity contribution in [2.75, 3.05) is 26.2 Å². The van der Waals surface area contributed by atoms with Crippen LogP contribution in [0, 0.1) is 0 Å². The number of nitrogens with zero attached hydrogens (tertiary/aromatic N) is 4. The predicted molar refractivity (Wildman–Crippen MR) is 71.2 cm³/mol. The Morgan fingerprint density at radius 3 is 3.00 bits per heavy atom. The number of fused-ring (bicyclic) bond motifs is 1. The van der Waals surface area contributed by atoms with Crippen molar-refractivity contribution >= 4 is 5.84 Å². The third-order valence-electron chi connectivity index (χ3n) is 3.70. The summed E-state index contributed by atoms with van der Waals surface area (Å²) in [6.45, 7) is 6.97. The molecular weight excluding hydrogens is 226 g/mol. The average molecular weight is 245 g/mol. The highest BCUT2D eigenvalue weighted by Crippen LogP contribution is 2.19. The SMILES string of the molecule is CCN1CCc2ncc(C3=NCCN3N)cc2C1. The van der Waals surface area contributed by atoms with Crippen LogP contribution in [0.15, 0.2) is 17.3 Å². The molecule has 96 valence electrons. The maximum atomic E-state index is 5.90. The molecule has 5 heteroatoms. The van der Waals surface area contributed by atoms with Gasteiger partial charge in [-0.3, -0.25) is 19.9 Å². The minimum absolute atomic E-state index is 0.782. The molecule has 0 spiro atoms. The van der Waals surface area contributed by atoms with E-state index in [1.165, 1.54) is 11.3 Å². The molecule has 0 aliphatic carbocycles. The molecule has 2 aliphatic rings. The first-order valence-corrected chi connectivity index (χ1v) is 6.55. The molecule has 0 radical (unpaired) electrons. The van der Waals surface area contributed by atoms with Crippen LogP contribution in [0.25, 0.3) is 0 Å². The van der Waals surface area contributed by atoms with E-state index in [2.05, 4.69) is 27.9 Å². The number of pyridine rings is 1. The molecule has 0 atom stereocenters. The van der Waals surface area contributed by atoms with E-state index in [9.17, 15) is 0 Å². The van der Waals surface area contributed by atoms with Crippen LogP contribution in [0.2, 0.25) is 0 Å². The summed E-state index contributed by atoms with van der Waals surface area (Å²) in [4.78, 5) is 11.5. The van der Waals surface area contributed by atoms with E-state index >= 15 is 0 Å². The average Bonchev–Trinajstić information content (AvgIpc) is 2.83. The van der Waals surface area contributed by atoms with Crippen LogP contribution in [0.1, 0.15) is 23.7 Å². The van der Waals surface area contributed by atoms with Gasteiger partial charge in [0.05, 0.1) is 13.1 Å². The van der Waals surface area contributed by atoms with Crippen LogP contribution in [0.3, 0.4) is 0 Å². The van der Waals surface area contributed by atoms with Gasteiger partial charge in [0.25, 0.3) is 0 Å². The third kappa shape index (κ3) is 2.00. The third-order valence-corrected chi connectivity index (χ3v) is 3.70. The van der Waals surface area contributed by atoms with Crippen LogP contribution in [0.4, 0.5) is 0 Å². The standard InChI is InChI=1S/C13H19N5/c1-2-17-5-3-12-11(9-17)7-10(8-16-12)13-15-4-6-18(13)14/h7-8H,2-6,9,14H2,1H3. The Morgan fingerprint density at radius 2 is 2.28 bits per heavy atom. The van der Waals surface area contributed by atoms with E-state index < -0.39 is 0 Å². The van der Waals surface area contributed by atoms with Crippen LogP contribution >= 0.6 is 0 Å². The maximum Gasteiger partial charge on any atom is 0.146 e. The van der Waals surface area contributed by atoms with Crippen molar-refractivity contribution in [1.82, 2.24) is 14.9 Å². The van der Waals surface area contributed by atoms with Crippen molar-refractivity contribution in [3.63, 3.8) is 0 Å². The summed E-state index contributed by atoms with van der Waals surface area (Å²) in [5, 5.41) is 1.71. The Morgan fingerprint density at radius 1 is 1.39 bits per heavy atom. The zero-order valence-electron chi connectivity index (χ0n) is 10.8. The van der Waals surface area contributed by atoms with Gasteiger partial charge in [-0.1, -0.05) is 6.92 Å².